The molecule has 0 aliphatic heterocycles. The van der Waals surface area contributed by atoms with Crippen molar-refractivity contribution in [2.75, 3.05) is 26.0 Å². The number of halogens is 3. The van der Waals surface area contributed by atoms with Gasteiger partial charge in [0.1, 0.15) is 0 Å². The van der Waals surface area contributed by atoms with Gasteiger partial charge in [0.05, 0.1) is 15.7 Å². The van der Waals surface area contributed by atoms with E-state index in [0.717, 1.165) is 0 Å². The minimum Gasteiger partial charge on any atom is -0.383 e. The normalized spacial score (nSPS) is 10.3. The summed E-state index contributed by atoms with van der Waals surface area (Å²) in [5.41, 5.74) is 0.653. The third kappa shape index (κ3) is 4.56. The van der Waals surface area contributed by atoms with Crippen LogP contribution in [0.2, 0.25) is 15.1 Å². The molecule has 0 saturated carbocycles. The van der Waals surface area contributed by atoms with Gasteiger partial charge in [-0.05, 0) is 18.6 Å². The van der Waals surface area contributed by atoms with Gasteiger partial charge in [-0.1, -0.05) is 34.8 Å². The number of benzene rings is 1. The molecule has 0 radical (unpaired) electrons. The number of rotatable bonds is 5. The molecule has 3 nitrogen and oxygen atoms in total. The second-order valence-corrected chi connectivity index (χ2v) is 5.31. The largest absolute Gasteiger partial charge is 0.383 e. The first kappa shape index (κ1) is 15.4. The van der Waals surface area contributed by atoms with E-state index in [-0.39, 0.29) is 5.91 Å². The first-order chi connectivity index (χ1) is 8.41. The molecular formula is C12H15Cl3N2O. The lowest BCUT2D eigenvalue weighted by atomic mass is 10.2. The SMILES string of the molecule is CN(C)C(=O)CCCNc1c(Cl)cc(Cl)cc1Cl. The molecule has 1 amide bonds. The number of nitrogens with one attached hydrogen (secondary N) is 1. The maximum Gasteiger partial charge on any atom is 0.222 e. The van der Waals surface area contributed by atoms with Crippen LogP contribution in [0.15, 0.2) is 12.1 Å². The number of carbonyl (C=O) groups is 1. The molecule has 0 atom stereocenters. The second kappa shape index (κ2) is 7.07. The summed E-state index contributed by atoms with van der Waals surface area (Å²) in [5, 5.41) is 4.56. The van der Waals surface area contributed by atoms with Gasteiger partial charge in [-0.3, -0.25) is 4.79 Å². The fourth-order valence-electron chi connectivity index (χ4n) is 1.39. The van der Waals surface area contributed by atoms with Gasteiger partial charge in [0.25, 0.3) is 0 Å². The van der Waals surface area contributed by atoms with Crippen molar-refractivity contribution in [3.63, 3.8) is 0 Å². The Bertz CT molecular complexity index is 412. The molecule has 1 aromatic rings. The summed E-state index contributed by atoms with van der Waals surface area (Å²) in [6.45, 7) is 0.626. The average Bonchev–Trinajstić information content (AvgIpc) is 2.26. The Morgan fingerprint density at radius 2 is 1.78 bits per heavy atom. The molecule has 18 heavy (non-hydrogen) atoms. The van der Waals surface area contributed by atoms with Gasteiger partial charge in [0.15, 0.2) is 0 Å². The van der Waals surface area contributed by atoms with Crippen LogP contribution in [0.1, 0.15) is 12.8 Å². The van der Waals surface area contributed by atoms with Crippen LogP contribution >= 0.6 is 34.8 Å². The fraction of sp³-hybridized carbons (Fsp3) is 0.417. The van der Waals surface area contributed by atoms with E-state index in [1.807, 2.05) is 0 Å². The van der Waals surface area contributed by atoms with Crippen LogP contribution in [0, 0.1) is 0 Å². The number of carbonyl (C=O) groups excluding carboxylic acids is 1. The minimum absolute atomic E-state index is 0.102. The predicted octanol–water partition coefficient (Wildman–Crippen LogP) is 3.93. The molecule has 1 N–H and O–H groups in total. The highest BCUT2D eigenvalue weighted by atomic mass is 35.5. The maximum absolute atomic E-state index is 11.4. The molecule has 0 aromatic heterocycles. The molecule has 0 bridgehead atoms. The van der Waals surface area contributed by atoms with E-state index in [2.05, 4.69) is 5.32 Å². The van der Waals surface area contributed by atoms with Gasteiger partial charge in [-0.2, -0.15) is 0 Å². The van der Waals surface area contributed by atoms with E-state index in [1.54, 1.807) is 31.1 Å². The summed E-state index contributed by atoms with van der Waals surface area (Å²) in [6, 6.07) is 3.25. The van der Waals surface area contributed by atoms with Crippen LogP contribution < -0.4 is 5.32 Å². The van der Waals surface area contributed by atoms with Gasteiger partial charge in [0.2, 0.25) is 5.91 Å². The third-order valence-corrected chi connectivity index (χ3v) is 3.19. The summed E-state index contributed by atoms with van der Waals surface area (Å²) in [4.78, 5) is 12.9. The zero-order valence-corrected chi connectivity index (χ0v) is 12.5. The van der Waals surface area contributed by atoms with Crippen molar-refractivity contribution < 1.29 is 4.79 Å². The quantitative estimate of drug-likeness (QED) is 0.836. The van der Waals surface area contributed by atoms with Crippen LogP contribution in [-0.2, 0) is 4.79 Å². The van der Waals surface area contributed by atoms with Crippen molar-refractivity contribution in [1.82, 2.24) is 4.90 Å². The molecule has 100 valence electrons. The standard InChI is InChI=1S/C12H15Cl3N2O/c1-17(2)11(18)4-3-5-16-12-9(14)6-8(13)7-10(12)15/h6-7,16H,3-5H2,1-2H3. The molecule has 0 aliphatic carbocycles. The van der Waals surface area contributed by atoms with Gasteiger partial charge in [-0.15, -0.1) is 0 Å². The van der Waals surface area contributed by atoms with Crippen molar-refractivity contribution >= 4 is 46.4 Å². The summed E-state index contributed by atoms with van der Waals surface area (Å²) < 4.78 is 0. The lowest BCUT2D eigenvalue weighted by Crippen LogP contribution is -2.22. The molecule has 1 aromatic carbocycles. The highest BCUT2D eigenvalue weighted by molar-refractivity contribution is 6.41. The van der Waals surface area contributed by atoms with Gasteiger partial charge in [-0.25, -0.2) is 0 Å². The number of hydrogen-bond donors (Lipinski definition) is 1. The van der Waals surface area contributed by atoms with Crippen molar-refractivity contribution in [2.24, 2.45) is 0 Å². The monoisotopic (exact) mass is 308 g/mol. The fourth-order valence-corrected chi connectivity index (χ4v) is 2.34. The predicted molar refractivity (Wildman–Crippen MR) is 77.9 cm³/mol. The summed E-state index contributed by atoms with van der Waals surface area (Å²) in [5.74, 6) is 0.102. The number of nitrogens with zero attached hydrogens (tertiary/aromatic N) is 1. The first-order valence-corrected chi connectivity index (χ1v) is 6.63. The van der Waals surface area contributed by atoms with Crippen LogP contribution in [0.3, 0.4) is 0 Å². The third-order valence-electron chi connectivity index (χ3n) is 2.37. The Morgan fingerprint density at radius 1 is 1.22 bits per heavy atom. The second-order valence-electron chi connectivity index (χ2n) is 4.06. The summed E-state index contributed by atoms with van der Waals surface area (Å²) >= 11 is 17.9. The van der Waals surface area contributed by atoms with E-state index in [0.29, 0.717) is 40.1 Å². The lowest BCUT2D eigenvalue weighted by Gasteiger charge is -2.12. The zero-order chi connectivity index (χ0) is 13.7. The molecule has 0 spiro atoms. The molecule has 0 saturated heterocycles. The van der Waals surface area contributed by atoms with Crippen molar-refractivity contribution in [1.29, 1.82) is 0 Å². The van der Waals surface area contributed by atoms with E-state index < -0.39 is 0 Å². The molecule has 0 heterocycles. The van der Waals surface area contributed by atoms with Crippen LogP contribution in [-0.4, -0.2) is 31.4 Å². The summed E-state index contributed by atoms with van der Waals surface area (Å²) in [6.07, 6.45) is 1.20. The topological polar surface area (TPSA) is 32.3 Å². The van der Waals surface area contributed by atoms with Gasteiger partial charge < -0.3 is 10.2 Å². The van der Waals surface area contributed by atoms with Crippen molar-refractivity contribution in [3.8, 4) is 0 Å². The van der Waals surface area contributed by atoms with Crippen molar-refractivity contribution in [3.05, 3.63) is 27.2 Å². The van der Waals surface area contributed by atoms with Crippen LogP contribution in [0.5, 0.6) is 0 Å². The summed E-state index contributed by atoms with van der Waals surface area (Å²) in [7, 11) is 3.48. The smallest absolute Gasteiger partial charge is 0.222 e. The molecule has 0 fully saturated rings. The Hall–Kier alpha value is -0.640. The van der Waals surface area contributed by atoms with Crippen LogP contribution in [0.25, 0.3) is 0 Å². The van der Waals surface area contributed by atoms with E-state index in [4.69, 9.17) is 34.8 Å². The molecule has 1 rings (SSSR count). The molecule has 0 aliphatic rings. The number of hydrogen-bond acceptors (Lipinski definition) is 2. The van der Waals surface area contributed by atoms with Gasteiger partial charge >= 0.3 is 0 Å². The van der Waals surface area contributed by atoms with E-state index in [1.165, 1.54) is 0 Å². The lowest BCUT2D eigenvalue weighted by molar-refractivity contribution is -0.128. The Balaban J connectivity index is 2.47. The minimum atomic E-state index is 0.102. The zero-order valence-electron chi connectivity index (χ0n) is 10.3. The first-order valence-electron chi connectivity index (χ1n) is 5.50. The van der Waals surface area contributed by atoms with E-state index >= 15 is 0 Å². The maximum atomic E-state index is 11.4. The Labute approximate surface area is 122 Å². The number of anilines is 1. The van der Waals surface area contributed by atoms with Crippen LogP contribution in [0.4, 0.5) is 5.69 Å². The Kier molecular flexibility index (Phi) is 6.06. The highest BCUT2D eigenvalue weighted by Crippen LogP contribution is 2.33. The van der Waals surface area contributed by atoms with E-state index in [9.17, 15) is 4.79 Å². The molecular weight excluding hydrogens is 295 g/mol. The van der Waals surface area contributed by atoms with Crippen molar-refractivity contribution in [2.45, 2.75) is 12.8 Å². The Morgan fingerprint density at radius 3 is 2.28 bits per heavy atom. The molecule has 6 heteroatoms. The molecule has 0 unspecified atom stereocenters. The average molecular weight is 310 g/mol. The number of amides is 1. The van der Waals surface area contributed by atoms with Gasteiger partial charge in [0, 0.05) is 32.1 Å². The highest BCUT2D eigenvalue weighted by Gasteiger charge is 2.08.